The van der Waals surface area contributed by atoms with Crippen LogP contribution in [0.1, 0.15) is 23.4 Å². The molecule has 0 bridgehead atoms. The van der Waals surface area contributed by atoms with Crippen molar-refractivity contribution < 1.29 is 14.7 Å². The Labute approximate surface area is 134 Å². The molecule has 0 fully saturated rings. The monoisotopic (exact) mass is 313 g/mol. The van der Waals surface area contributed by atoms with Crippen LogP contribution in [0.2, 0.25) is 0 Å². The third kappa shape index (κ3) is 4.29. The quantitative estimate of drug-likeness (QED) is 0.800. The highest BCUT2D eigenvalue weighted by Crippen LogP contribution is 2.18. The molecular weight excluding hydrogens is 294 g/mol. The molecule has 1 aromatic heterocycles. The number of carbonyl (C=O) groups excluding carboxylic acids is 1. The first kappa shape index (κ1) is 16.5. The molecule has 0 aliphatic heterocycles. The highest BCUT2D eigenvalue weighted by molar-refractivity contribution is 5.92. The number of carboxylic acids is 1. The summed E-state index contributed by atoms with van der Waals surface area (Å²) in [4.78, 5) is 22.1. The van der Waals surface area contributed by atoms with Crippen LogP contribution in [0, 0.1) is 13.8 Å². The van der Waals surface area contributed by atoms with Crippen molar-refractivity contribution in [3.63, 3.8) is 0 Å². The van der Waals surface area contributed by atoms with Gasteiger partial charge in [0.05, 0.1) is 17.8 Å². The molecule has 1 amide bonds. The number of amides is 1. The third-order valence-corrected chi connectivity index (χ3v) is 3.39. The highest BCUT2D eigenvalue weighted by Gasteiger charge is 2.10. The number of rotatable bonds is 6. The Morgan fingerprint density at radius 2 is 1.96 bits per heavy atom. The number of nitrogens with one attached hydrogen (secondary N) is 1. The first-order chi connectivity index (χ1) is 11.0. The fraction of sp³-hybridized carbons (Fsp3) is 0.235. The van der Waals surface area contributed by atoms with E-state index in [-0.39, 0.29) is 18.9 Å². The van der Waals surface area contributed by atoms with Gasteiger partial charge in [-0.3, -0.25) is 9.59 Å². The van der Waals surface area contributed by atoms with Crippen molar-refractivity contribution in [2.45, 2.75) is 20.3 Å². The number of aromatic nitrogens is 2. The van der Waals surface area contributed by atoms with E-state index in [1.54, 1.807) is 6.08 Å². The Morgan fingerprint density at radius 1 is 1.26 bits per heavy atom. The lowest BCUT2D eigenvalue weighted by Gasteiger charge is -2.03. The van der Waals surface area contributed by atoms with E-state index in [2.05, 4.69) is 10.4 Å². The first-order valence-corrected chi connectivity index (χ1v) is 7.28. The smallest absolute Gasteiger partial charge is 0.305 e. The Morgan fingerprint density at radius 3 is 2.61 bits per heavy atom. The van der Waals surface area contributed by atoms with Crippen molar-refractivity contribution in [2.24, 2.45) is 0 Å². The largest absolute Gasteiger partial charge is 0.481 e. The van der Waals surface area contributed by atoms with Crippen LogP contribution < -0.4 is 5.32 Å². The highest BCUT2D eigenvalue weighted by atomic mass is 16.4. The molecule has 2 rings (SSSR count). The number of aliphatic carboxylic acids is 1. The van der Waals surface area contributed by atoms with Crippen LogP contribution in [0.4, 0.5) is 0 Å². The zero-order valence-electron chi connectivity index (χ0n) is 13.1. The molecule has 0 radical (unpaired) electrons. The van der Waals surface area contributed by atoms with Gasteiger partial charge in [-0.05, 0) is 32.1 Å². The molecule has 0 spiro atoms. The fourth-order valence-electron chi connectivity index (χ4n) is 2.23. The average Bonchev–Trinajstić information content (AvgIpc) is 2.80. The van der Waals surface area contributed by atoms with E-state index in [4.69, 9.17) is 5.11 Å². The number of carbonyl (C=O) groups is 2. The van der Waals surface area contributed by atoms with Gasteiger partial charge >= 0.3 is 5.97 Å². The number of para-hydroxylation sites is 1. The second kappa shape index (κ2) is 7.40. The van der Waals surface area contributed by atoms with Crippen LogP contribution in [-0.2, 0) is 9.59 Å². The first-order valence-electron chi connectivity index (χ1n) is 7.28. The zero-order chi connectivity index (χ0) is 16.8. The van der Waals surface area contributed by atoms with Gasteiger partial charge in [-0.25, -0.2) is 4.68 Å². The van der Waals surface area contributed by atoms with Crippen LogP contribution in [0.25, 0.3) is 11.8 Å². The number of carboxylic acid groups (broad SMARTS) is 1. The van der Waals surface area contributed by atoms with Gasteiger partial charge in [0.1, 0.15) is 0 Å². The maximum Gasteiger partial charge on any atom is 0.305 e. The Balaban J connectivity index is 2.12. The number of hydrogen-bond acceptors (Lipinski definition) is 3. The van der Waals surface area contributed by atoms with Crippen LogP contribution >= 0.6 is 0 Å². The van der Waals surface area contributed by atoms with Crippen molar-refractivity contribution in [3.05, 3.63) is 53.4 Å². The van der Waals surface area contributed by atoms with Crippen molar-refractivity contribution in [2.75, 3.05) is 6.54 Å². The van der Waals surface area contributed by atoms with E-state index >= 15 is 0 Å². The summed E-state index contributed by atoms with van der Waals surface area (Å²) in [5.74, 6) is -1.26. The molecule has 1 aromatic carbocycles. The van der Waals surface area contributed by atoms with Crippen molar-refractivity contribution in [1.82, 2.24) is 15.1 Å². The maximum absolute atomic E-state index is 11.7. The second-order valence-electron chi connectivity index (χ2n) is 5.10. The molecular formula is C17H19N3O3. The predicted molar refractivity (Wildman–Crippen MR) is 87.3 cm³/mol. The summed E-state index contributed by atoms with van der Waals surface area (Å²) in [6.45, 7) is 3.93. The van der Waals surface area contributed by atoms with E-state index in [1.165, 1.54) is 6.08 Å². The molecule has 0 saturated heterocycles. The minimum Gasteiger partial charge on any atom is -0.481 e. The molecule has 2 aromatic rings. The second-order valence-corrected chi connectivity index (χ2v) is 5.10. The molecule has 0 saturated carbocycles. The molecule has 0 unspecified atom stereocenters. The minimum atomic E-state index is -0.940. The summed E-state index contributed by atoms with van der Waals surface area (Å²) in [6, 6.07) is 9.75. The molecule has 0 aliphatic rings. The fourth-order valence-corrected chi connectivity index (χ4v) is 2.23. The lowest BCUT2D eigenvalue weighted by molar-refractivity contribution is -0.136. The number of aryl methyl sites for hydroxylation is 1. The maximum atomic E-state index is 11.7. The van der Waals surface area contributed by atoms with Crippen LogP contribution in [0.15, 0.2) is 36.4 Å². The number of nitrogens with zero attached hydrogens (tertiary/aromatic N) is 2. The predicted octanol–water partition coefficient (Wildman–Crippen LogP) is 2.09. The summed E-state index contributed by atoms with van der Waals surface area (Å²) in [7, 11) is 0. The molecule has 0 aliphatic carbocycles. The van der Waals surface area contributed by atoms with Gasteiger partial charge in [0.2, 0.25) is 5.91 Å². The Hall–Kier alpha value is -2.89. The molecule has 1 heterocycles. The number of benzene rings is 1. The normalized spacial score (nSPS) is 10.9. The molecule has 2 N–H and O–H groups in total. The van der Waals surface area contributed by atoms with E-state index in [9.17, 15) is 9.59 Å². The van der Waals surface area contributed by atoms with Crippen LogP contribution in [-0.4, -0.2) is 33.3 Å². The van der Waals surface area contributed by atoms with Crippen molar-refractivity contribution >= 4 is 18.0 Å². The average molecular weight is 313 g/mol. The third-order valence-electron chi connectivity index (χ3n) is 3.39. The Bertz CT molecular complexity index is 733. The van der Waals surface area contributed by atoms with E-state index in [1.807, 2.05) is 48.9 Å². The van der Waals surface area contributed by atoms with Gasteiger partial charge in [-0.15, -0.1) is 0 Å². The molecule has 23 heavy (non-hydrogen) atoms. The van der Waals surface area contributed by atoms with Crippen molar-refractivity contribution in [3.8, 4) is 5.69 Å². The van der Waals surface area contributed by atoms with E-state index < -0.39 is 5.97 Å². The SMILES string of the molecule is Cc1nn(-c2ccccc2)c(C)c1C=CC(=O)NCCC(=O)O. The standard InChI is InChI=1S/C17H19N3O3/c1-12-15(8-9-16(21)18-11-10-17(22)23)13(2)20(19-12)14-6-4-3-5-7-14/h3-9H,10-11H2,1-2H3,(H,18,21)(H,22,23). The van der Waals surface area contributed by atoms with Gasteiger partial charge in [0.15, 0.2) is 0 Å². The van der Waals surface area contributed by atoms with Crippen LogP contribution in [0.5, 0.6) is 0 Å². The lowest BCUT2D eigenvalue weighted by Crippen LogP contribution is -2.23. The van der Waals surface area contributed by atoms with Gasteiger partial charge < -0.3 is 10.4 Å². The van der Waals surface area contributed by atoms with Gasteiger partial charge in [-0.2, -0.15) is 5.10 Å². The summed E-state index contributed by atoms with van der Waals surface area (Å²) < 4.78 is 1.83. The Kier molecular flexibility index (Phi) is 5.30. The van der Waals surface area contributed by atoms with Crippen molar-refractivity contribution in [1.29, 1.82) is 0 Å². The van der Waals surface area contributed by atoms with E-state index in [0.717, 1.165) is 22.6 Å². The summed E-state index contributed by atoms with van der Waals surface area (Å²) in [6.07, 6.45) is 3.00. The zero-order valence-corrected chi connectivity index (χ0v) is 13.1. The van der Waals surface area contributed by atoms with E-state index in [0.29, 0.717) is 0 Å². The summed E-state index contributed by atoms with van der Waals surface area (Å²) in [5.41, 5.74) is 3.59. The topological polar surface area (TPSA) is 84.2 Å². The van der Waals surface area contributed by atoms with Gasteiger partial charge in [0, 0.05) is 23.9 Å². The minimum absolute atomic E-state index is 0.0937. The summed E-state index contributed by atoms with van der Waals surface area (Å²) >= 11 is 0. The van der Waals surface area contributed by atoms with Crippen LogP contribution in [0.3, 0.4) is 0 Å². The molecule has 6 nitrogen and oxygen atoms in total. The van der Waals surface area contributed by atoms with Gasteiger partial charge in [-0.1, -0.05) is 18.2 Å². The number of hydrogen-bond donors (Lipinski definition) is 2. The molecule has 120 valence electrons. The van der Waals surface area contributed by atoms with Gasteiger partial charge in [0.25, 0.3) is 0 Å². The molecule has 0 atom stereocenters. The molecule has 6 heteroatoms. The summed E-state index contributed by atoms with van der Waals surface area (Å²) in [5, 5.41) is 15.6. The lowest BCUT2D eigenvalue weighted by atomic mass is 10.2.